The first-order valence-electron chi connectivity index (χ1n) is 6.26. The summed E-state index contributed by atoms with van der Waals surface area (Å²) in [6.07, 6.45) is -1.18. The molecular formula is C14H20N2O4. The molecule has 0 unspecified atom stereocenters. The van der Waals surface area contributed by atoms with Crippen molar-refractivity contribution in [2.75, 3.05) is 11.9 Å². The van der Waals surface area contributed by atoms with Gasteiger partial charge in [0.05, 0.1) is 6.10 Å². The van der Waals surface area contributed by atoms with Gasteiger partial charge in [0.25, 0.3) is 0 Å². The van der Waals surface area contributed by atoms with Crippen LogP contribution in [-0.4, -0.2) is 41.4 Å². The molecule has 0 heterocycles. The van der Waals surface area contributed by atoms with Crippen LogP contribution < -0.4 is 10.2 Å². The Morgan fingerprint density at radius 2 is 1.90 bits per heavy atom. The Hall–Kier alpha value is -2.08. The van der Waals surface area contributed by atoms with Gasteiger partial charge in [-0.2, -0.15) is 0 Å². The van der Waals surface area contributed by atoms with Crippen molar-refractivity contribution in [2.24, 2.45) is 0 Å². The molecule has 0 aliphatic rings. The maximum absolute atomic E-state index is 12.0. The number of aliphatic hydroxyl groups is 1. The Kier molecular flexibility index (Phi) is 5.10. The van der Waals surface area contributed by atoms with E-state index in [2.05, 4.69) is 5.32 Å². The van der Waals surface area contributed by atoms with Crippen LogP contribution in [0.1, 0.15) is 18.1 Å². The molecule has 6 nitrogen and oxygen atoms in total. The number of aryl methyl sites for hydroxylation is 2. The first kappa shape index (κ1) is 16.0. The van der Waals surface area contributed by atoms with Crippen LogP contribution in [0.25, 0.3) is 0 Å². The molecule has 1 aromatic carbocycles. The van der Waals surface area contributed by atoms with E-state index in [1.807, 2.05) is 26.0 Å². The third kappa shape index (κ3) is 3.71. The van der Waals surface area contributed by atoms with E-state index in [1.165, 1.54) is 11.8 Å². The van der Waals surface area contributed by atoms with Crippen molar-refractivity contribution in [3.8, 4) is 0 Å². The Morgan fingerprint density at radius 3 is 2.35 bits per heavy atom. The molecule has 0 saturated carbocycles. The summed E-state index contributed by atoms with van der Waals surface area (Å²) >= 11 is 0. The van der Waals surface area contributed by atoms with Crippen molar-refractivity contribution in [1.29, 1.82) is 0 Å². The number of carbonyl (C=O) groups is 2. The highest BCUT2D eigenvalue weighted by molar-refractivity contribution is 5.94. The zero-order valence-corrected chi connectivity index (χ0v) is 12.0. The molecule has 0 spiro atoms. The monoisotopic (exact) mass is 280 g/mol. The summed E-state index contributed by atoms with van der Waals surface area (Å²) in [5.74, 6) is -1.28. The smallest absolute Gasteiger partial charge is 0.328 e. The normalized spacial score (nSPS) is 13.4. The lowest BCUT2D eigenvalue weighted by molar-refractivity contribution is -0.141. The highest BCUT2D eigenvalue weighted by Crippen LogP contribution is 2.20. The highest BCUT2D eigenvalue weighted by Gasteiger charge is 2.26. The number of nitrogens with zero attached hydrogens (tertiary/aromatic N) is 1. The molecule has 6 heteroatoms. The van der Waals surface area contributed by atoms with E-state index in [0.29, 0.717) is 5.69 Å². The van der Waals surface area contributed by atoms with Gasteiger partial charge in [0.2, 0.25) is 0 Å². The topological polar surface area (TPSA) is 89.9 Å². The number of anilines is 1. The van der Waals surface area contributed by atoms with E-state index < -0.39 is 24.1 Å². The predicted molar refractivity (Wildman–Crippen MR) is 76.0 cm³/mol. The molecule has 3 N–H and O–H groups in total. The largest absolute Gasteiger partial charge is 0.480 e. The summed E-state index contributed by atoms with van der Waals surface area (Å²) < 4.78 is 0. The molecule has 2 atom stereocenters. The van der Waals surface area contributed by atoms with Crippen molar-refractivity contribution in [1.82, 2.24) is 5.32 Å². The molecule has 0 bridgehead atoms. The number of carboxylic acid groups (broad SMARTS) is 1. The summed E-state index contributed by atoms with van der Waals surface area (Å²) in [6, 6.07) is 3.68. The molecule has 1 rings (SSSR count). The number of urea groups is 1. The highest BCUT2D eigenvalue weighted by atomic mass is 16.4. The van der Waals surface area contributed by atoms with Crippen molar-refractivity contribution in [2.45, 2.75) is 32.9 Å². The van der Waals surface area contributed by atoms with Crippen molar-refractivity contribution >= 4 is 17.7 Å². The van der Waals surface area contributed by atoms with Crippen LogP contribution in [0.4, 0.5) is 10.5 Å². The molecule has 0 radical (unpaired) electrons. The average molecular weight is 280 g/mol. The lowest BCUT2D eigenvalue weighted by atomic mass is 10.1. The standard InChI is InChI=1S/C14H20N2O4/c1-8-5-6-11(9(2)7-8)16(4)14(20)15-12(10(3)17)13(18)19/h5-7,10,12,17H,1-4H3,(H,15,20)(H,18,19)/t10-,12+/m1/s1. The lowest BCUT2D eigenvalue weighted by Crippen LogP contribution is -2.51. The number of carbonyl (C=O) groups excluding carboxylic acids is 1. The SMILES string of the molecule is Cc1ccc(N(C)C(=O)N[C@H](C(=O)O)[C@@H](C)O)c(C)c1. The fourth-order valence-corrected chi connectivity index (χ4v) is 1.91. The Labute approximate surface area is 118 Å². The minimum atomic E-state index is -1.34. The molecule has 110 valence electrons. The number of aliphatic hydroxyl groups excluding tert-OH is 1. The number of hydrogen-bond acceptors (Lipinski definition) is 3. The number of carboxylic acids is 1. The molecule has 0 saturated heterocycles. The van der Waals surface area contributed by atoms with E-state index >= 15 is 0 Å². The van der Waals surface area contributed by atoms with E-state index in [-0.39, 0.29) is 0 Å². The van der Waals surface area contributed by atoms with Gasteiger partial charge >= 0.3 is 12.0 Å². The van der Waals surface area contributed by atoms with Crippen LogP contribution in [0.2, 0.25) is 0 Å². The summed E-state index contributed by atoms with van der Waals surface area (Å²) in [7, 11) is 1.55. The van der Waals surface area contributed by atoms with Gasteiger partial charge < -0.3 is 15.5 Å². The van der Waals surface area contributed by atoms with E-state index in [1.54, 1.807) is 13.1 Å². The summed E-state index contributed by atoms with van der Waals surface area (Å²) in [6.45, 7) is 5.14. The van der Waals surface area contributed by atoms with Gasteiger partial charge in [-0.3, -0.25) is 4.90 Å². The summed E-state index contributed by atoms with van der Waals surface area (Å²) in [4.78, 5) is 24.3. The molecule has 2 amide bonds. The fourth-order valence-electron chi connectivity index (χ4n) is 1.91. The van der Waals surface area contributed by atoms with Gasteiger partial charge in [0.15, 0.2) is 6.04 Å². The van der Waals surface area contributed by atoms with Crippen molar-refractivity contribution in [3.63, 3.8) is 0 Å². The Bertz CT molecular complexity index is 514. The second-order valence-electron chi connectivity index (χ2n) is 4.85. The van der Waals surface area contributed by atoms with Crippen LogP contribution in [0.5, 0.6) is 0 Å². The van der Waals surface area contributed by atoms with Crippen LogP contribution in [-0.2, 0) is 4.79 Å². The minimum absolute atomic E-state index is 0.578. The zero-order valence-electron chi connectivity index (χ0n) is 12.0. The van der Waals surface area contributed by atoms with Crippen LogP contribution >= 0.6 is 0 Å². The van der Waals surface area contributed by atoms with Gasteiger partial charge in [-0.15, -0.1) is 0 Å². The number of aliphatic carboxylic acids is 1. The number of hydrogen-bond donors (Lipinski definition) is 3. The number of nitrogens with one attached hydrogen (secondary N) is 1. The zero-order chi connectivity index (χ0) is 15.4. The van der Waals surface area contributed by atoms with Gasteiger partial charge in [-0.05, 0) is 32.4 Å². The van der Waals surface area contributed by atoms with E-state index in [4.69, 9.17) is 5.11 Å². The molecule has 0 aliphatic heterocycles. The first-order valence-corrected chi connectivity index (χ1v) is 6.26. The maximum atomic E-state index is 12.0. The summed E-state index contributed by atoms with van der Waals surface area (Å²) in [5, 5.41) is 20.6. The number of rotatable bonds is 4. The molecule has 1 aromatic rings. The van der Waals surface area contributed by atoms with E-state index in [9.17, 15) is 14.7 Å². The minimum Gasteiger partial charge on any atom is -0.480 e. The molecule has 0 aromatic heterocycles. The third-order valence-corrected chi connectivity index (χ3v) is 3.05. The van der Waals surface area contributed by atoms with Crippen molar-refractivity contribution in [3.05, 3.63) is 29.3 Å². The summed E-state index contributed by atoms with van der Waals surface area (Å²) in [5.41, 5.74) is 2.67. The second-order valence-corrected chi connectivity index (χ2v) is 4.85. The van der Waals surface area contributed by atoms with Gasteiger partial charge in [0, 0.05) is 12.7 Å². The van der Waals surface area contributed by atoms with E-state index in [0.717, 1.165) is 11.1 Å². The lowest BCUT2D eigenvalue weighted by Gasteiger charge is -2.24. The predicted octanol–water partition coefficient (Wildman–Crippen LogP) is 1.28. The average Bonchev–Trinajstić information content (AvgIpc) is 2.34. The van der Waals surface area contributed by atoms with Gasteiger partial charge in [-0.25, -0.2) is 9.59 Å². The first-order chi connectivity index (χ1) is 9.23. The molecule has 0 fully saturated rings. The second kappa shape index (κ2) is 6.38. The fraction of sp³-hybridized carbons (Fsp3) is 0.429. The molecule has 0 aliphatic carbocycles. The van der Waals surface area contributed by atoms with Crippen LogP contribution in [0, 0.1) is 13.8 Å². The quantitative estimate of drug-likeness (QED) is 0.775. The Morgan fingerprint density at radius 1 is 1.30 bits per heavy atom. The van der Waals surface area contributed by atoms with Gasteiger partial charge in [0.1, 0.15) is 0 Å². The van der Waals surface area contributed by atoms with Gasteiger partial charge in [-0.1, -0.05) is 17.7 Å². The maximum Gasteiger partial charge on any atom is 0.328 e. The van der Waals surface area contributed by atoms with Crippen LogP contribution in [0.3, 0.4) is 0 Å². The molecular weight excluding hydrogens is 260 g/mol. The van der Waals surface area contributed by atoms with Crippen LogP contribution in [0.15, 0.2) is 18.2 Å². The van der Waals surface area contributed by atoms with Crippen molar-refractivity contribution < 1.29 is 19.8 Å². The third-order valence-electron chi connectivity index (χ3n) is 3.05. The number of amides is 2. The molecule has 20 heavy (non-hydrogen) atoms. The Balaban J connectivity index is 2.88. The number of benzene rings is 1.